The molecule has 0 aromatic heterocycles. The average molecular weight is 247 g/mol. The molecule has 1 N–H and O–H groups in total. The van der Waals surface area contributed by atoms with Crippen LogP contribution < -0.4 is 5.32 Å². The maximum Gasteiger partial charge on any atom is 0.223 e. The summed E-state index contributed by atoms with van der Waals surface area (Å²) >= 11 is 0. The van der Waals surface area contributed by atoms with E-state index in [0.29, 0.717) is 6.54 Å². The molecular formula is C16H25NO. The average Bonchev–Trinajstić information content (AvgIpc) is 2.39. The number of hydrogen-bond donors (Lipinski definition) is 1. The number of benzene rings is 1. The largest absolute Gasteiger partial charge is 0.352 e. The quantitative estimate of drug-likeness (QED) is 0.779. The molecule has 1 amide bonds. The number of unbranched alkanes of at least 4 members (excludes halogenated alkanes) is 1. The Kier molecular flexibility index (Phi) is 6.48. The molecule has 0 radical (unpaired) electrons. The van der Waals surface area contributed by atoms with E-state index in [-0.39, 0.29) is 11.8 Å². The number of carbonyl (C=O) groups is 1. The van der Waals surface area contributed by atoms with Gasteiger partial charge in [0.05, 0.1) is 0 Å². The van der Waals surface area contributed by atoms with E-state index in [1.807, 2.05) is 0 Å². The highest BCUT2D eigenvalue weighted by molar-refractivity contribution is 5.78. The van der Waals surface area contributed by atoms with Crippen molar-refractivity contribution < 1.29 is 4.79 Å². The molecule has 0 aliphatic heterocycles. The van der Waals surface area contributed by atoms with E-state index < -0.39 is 0 Å². The maximum atomic E-state index is 12.0. The fourth-order valence-electron chi connectivity index (χ4n) is 2.01. The maximum absolute atomic E-state index is 12.0. The predicted molar refractivity (Wildman–Crippen MR) is 76.3 cm³/mol. The Bertz CT molecular complexity index is 356. The van der Waals surface area contributed by atoms with Crippen LogP contribution in [0, 0.1) is 12.8 Å². The number of carbonyl (C=O) groups excluding carboxylic acids is 1. The fourth-order valence-corrected chi connectivity index (χ4v) is 2.01. The van der Waals surface area contributed by atoms with Crippen molar-refractivity contribution in [1.82, 2.24) is 5.32 Å². The zero-order valence-electron chi connectivity index (χ0n) is 11.8. The van der Waals surface area contributed by atoms with Crippen LogP contribution in [-0.2, 0) is 11.3 Å². The van der Waals surface area contributed by atoms with Gasteiger partial charge in [0, 0.05) is 12.5 Å². The molecule has 0 saturated carbocycles. The van der Waals surface area contributed by atoms with Crippen LogP contribution in [0.5, 0.6) is 0 Å². The Morgan fingerprint density at radius 3 is 2.44 bits per heavy atom. The monoisotopic (exact) mass is 247 g/mol. The molecule has 1 rings (SSSR count). The van der Waals surface area contributed by atoms with Crippen molar-refractivity contribution in [1.29, 1.82) is 0 Å². The highest BCUT2D eigenvalue weighted by Gasteiger charge is 2.14. The van der Waals surface area contributed by atoms with E-state index in [0.717, 1.165) is 25.7 Å². The van der Waals surface area contributed by atoms with Gasteiger partial charge in [-0.2, -0.15) is 0 Å². The summed E-state index contributed by atoms with van der Waals surface area (Å²) in [5.74, 6) is 0.377. The second-order valence-electron chi connectivity index (χ2n) is 4.95. The summed E-state index contributed by atoms with van der Waals surface area (Å²) < 4.78 is 0. The Morgan fingerprint density at radius 2 is 1.89 bits per heavy atom. The lowest BCUT2D eigenvalue weighted by molar-refractivity contribution is -0.125. The summed E-state index contributed by atoms with van der Waals surface area (Å²) in [5, 5.41) is 3.04. The minimum absolute atomic E-state index is 0.176. The highest BCUT2D eigenvalue weighted by Crippen LogP contribution is 2.13. The summed E-state index contributed by atoms with van der Waals surface area (Å²) in [6.07, 6.45) is 4.23. The lowest BCUT2D eigenvalue weighted by Crippen LogP contribution is -2.30. The first-order valence-electron chi connectivity index (χ1n) is 7.00. The molecule has 0 saturated heterocycles. The van der Waals surface area contributed by atoms with E-state index in [9.17, 15) is 4.79 Å². The smallest absolute Gasteiger partial charge is 0.223 e. The van der Waals surface area contributed by atoms with Crippen LogP contribution in [0.15, 0.2) is 24.3 Å². The summed E-state index contributed by atoms with van der Waals surface area (Å²) in [6.45, 7) is 6.96. The first kappa shape index (κ1) is 14.7. The van der Waals surface area contributed by atoms with Crippen LogP contribution in [0.3, 0.4) is 0 Å². The van der Waals surface area contributed by atoms with Crippen molar-refractivity contribution >= 4 is 5.91 Å². The van der Waals surface area contributed by atoms with Gasteiger partial charge >= 0.3 is 0 Å². The molecule has 0 heterocycles. The molecule has 0 spiro atoms. The molecule has 1 aromatic carbocycles. The van der Waals surface area contributed by atoms with Crippen molar-refractivity contribution in [3.05, 3.63) is 35.4 Å². The summed E-state index contributed by atoms with van der Waals surface area (Å²) in [6, 6.07) is 8.30. The third-order valence-electron chi connectivity index (χ3n) is 3.36. The van der Waals surface area contributed by atoms with Crippen LogP contribution >= 0.6 is 0 Å². The molecule has 0 aliphatic rings. The number of hydrogen-bond acceptors (Lipinski definition) is 1. The van der Waals surface area contributed by atoms with Crippen LogP contribution in [0.25, 0.3) is 0 Å². The third kappa shape index (κ3) is 4.91. The minimum Gasteiger partial charge on any atom is -0.352 e. The molecular weight excluding hydrogens is 222 g/mol. The van der Waals surface area contributed by atoms with E-state index in [1.165, 1.54) is 11.1 Å². The van der Waals surface area contributed by atoms with E-state index in [1.54, 1.807) is 0 Å². The van der Waals surface area contributed by atoms with Crippen molar-refractivity contribution in [2.75, 3.05) is 0 Å². The first-order chi connectivity index (χ1) is 8.67. The zero-order chi connectivity index (χ0) is 13.4. The standard InChI is InChI=1S/C16H25NO/c1-4-6-7-15(5-2)16(18)17-12-14-10-8-13(3)9-11-14/h8-11,15H,4-7,12H2,1-3H3,(H,17,18). The molecule has 18 heavy (non-hydrogen) atoms. The van der Waals surface area contributed by atoms with Crippen LogP contribution in [0.2, 0.25) is 0 Å². The number of nitrogens with one attached hydrogen (secondary N) is 1. The van der Waals surface area contributed by atoms with E-state index >= 15 is 0 Å². The van der Waals surface area contributed by atoms with E-state index in [2.05, 4.69) is 50.4 Å². The van der Waals surface area contributed by atoms with E-state index in [4.69, 9.17) is 0 Å². The molecule has 2 nitrogen and oxygen atoms in total. The number of amides is 1. The van der Waals surface area contributed by atoms with Crippen molar-refractivity contribution in [2.45, 2.75) is 53.0 Å². The molecule has 0 bridgehead atoms. The van der Waals surface area contributed by atoms with Crippen LogP contribution in [0.4, 0.5) is 0 Å². The fraction of sp³-hybridized carbons (Fsp3) is 0.562. The normalized spacial score (nSPS) is 12.2. The second-order valence-corrected chi connectivity index (χ2v) is 4.95. The van der Waals surface area contributed by atoms with Gasteiger partial charge in [-0.05, 0) is 25.3 Å². The zero-order valence-corrected chi connectivity index (χ0v) is 11.8. The Hall–Kier alpha value is -1.31. The lowest BCUT2D eigenvalue weighted by atomic mass is 9.98. The Labute approximate surface area is 111 Å². The molecule has 0 fully saturated rings. The van der Waals surface area contributed by atoms with Crippen LogP contribution in [0.1, 0.15) is 50.7 Å². The predicted octanol–water partition coefficient (Wildman–Crippen LogP) is 3.83. The van der Waals surface area contributed by atoms with Crippen LogP contribution in [-0.4, -0.2) is 5.91 Å². The third-order valence-corrected chi connectivity index (χ3v) is 3.36. The molecule has 100 valence electrons. The van der Waals surface area contributed by atoms with Gasteiger partial charge < -0.3 is 5.32 Å². The minimum atomic E-state index is 0.176. The Balaban J connectivity index is 2.41. The Morgan fingerprint density at radius 1 is 1.22 bits per heavy atom. The number of rotatable bonds is 7. The van der Waals surface area contributed by atoms with Gasteiger partial charge in [0.2, 0.25) is 5.91 Å². The van der Waals surface area contributed by atoms with Gasteiger partial charge in [0.15, 0.2) is 0 Å². The van der Waals surface area contributed by atoms with Gasteiger partial charge in [-0.1, -0.05) is 56.5 Å². The highest BCUT2D eigenvalue weighted by atomic mass is 16.1. The van der Waals surface area contributed by atoms with Gasteiger partial charge in [-0.3, -0.25) is 4.79 Å². The van der Waals surface area contributed by atoms with Gasteiger partial charge in [0.1, 0.15) is 0 Å². The van der Waals surface area contributed by atoms with Gasteiger partial charge in [-0.15, -0.1) is 0 Å². The second kappa shape index (κ2) is 7.91. The summed E-state index contributed by atoms with van der Waals surface area (Å²) in [7, 11) is 0. The summed E-state index contributed by atoms with van der Waals surface area (Å²) in [5.41, 5.74) is 2.42. The SMILES string of the molecule is CCCCC(CC)C(=O)NCc1ccc(C)cc1. The summed E-state index contributed by atoms with van der Waals surface area (Å²) in [4.78, 5) is 12.0. The molecule has 0 aliphatic carbocycles. The first-order valence-corrected chi connectivity index (χ1v) is 7.00. The molecule has 1 unspecified atom stereocenters. The molecule has 1 atom stereocenters. The van der Waals surface area contributed by atoms with Crippen molar-refractivity contribution in [3.63, 3.8) is 0 Å². The van der Waals surface area contributed by atoms with Crippen molar-refractivity contribution in [2.24, 2.45) is 5.92 Å². The lowest BCUT2D eigenvalue weighted by Gasteiger charge is -2.14. The van der Waals surface area contributed by atoms with Gasteiger partial charge in [0.25, 0.3) is 0 Å². The molecule has 1 aromatic rings. The number of aryl methyl sites for hydroxylation is 1. The molecule has 2 heteroatoms. The van der Waals surface area contributed by atoms with Gasteiger partial charge in [-0.25, -0.2) is 0 Å². The van der Waals surface area contributed by atoms with Crippen molar-refractivity contribution in [3.8, 4) is 0 Å². The topological polar surface area (TPSA) is 29.1 Å².